The molecule has 2 atom stereocenters. The van der Waals surface area contributed by atoms with Crippen LogP contribution < -0.4 is 0 Å². The van der Waals surface area contributed by atoms with Crippen molar-refractivity contribution in [1.82, 2.24) is 0 Å². The molecular weight excluding hydrogens is 247 g/mol. The summed E-state index contributed by atoms with van der Waals surface area (Å²) in [5, 5.41) is 0. The summed E-state index contributed by atoms with van der Waals surface area (Å²) in [5.74, 6) is 0. The van der Waals surface area contributed by atoms with Crippen LogP contribution in [0.2, 0.25) is 0 Å². The first-order valence-corrected chi connectivity index (χ1v) is 8.60. The lowest BCUT2D eigenvalue weighted by Crippen LogP contribution is -2.13. The van der Waals surface area contributed by atoms with Gasteiger partial charge < -0.3 is 13.6 Å². The fraction of sp³-hybridized carbons (Fsp3) is 1.00. The fourth-order valence-corrected chi connectivity index (χ4v) is 3.24. The number of rotatable bonds is 10. The summed E-state index contributed by atoms with van der Waals surface area (Å²) in [5.41, 5.74) is 0. The molecule has 1 saturated heterocycles. The molecule has 1 aliphatic rings. The summed E-state index contributed by atoms with van der Waals surface area (Å²) in [6, 6.07) is 0. The van der Waals surface area contributed by atoms with Crippen molar-refractivity contribution < 1.29 is 13.6 Å². The van der Waals surface area contributed by atoms with Crippen LogP contribution in [0.25, 0.3) is 0 Å². The first-order valence-electron chi connectivity index (χ1n) is 7.50. The van der Waals surface area contributed by atoms with E-state index in [0.29, 0.717) is 0 Å². The minimum Gasteiger partial charge on any atom is -0.312 e. The highest BCUT2D eigenvalue weighted by molar-refractivity contribution is 7.42. The predicted molar refractivity (Wildman–Crippen MR) is 76.6 cm³/mol. The molecule has 18 heavy (non-hydrogen) atoms. The lowest BCUT2D eigenvalue weighted by molar-refractivity contribution is 0.187. The number of unbranched alkanes of at least 4 members (excludes halogenated alkanes) is 7. The largest absolute Gasteiger partial charge is 0.333 e. The maximum absolute atomic E-state index is 5.61. The molecule has 2 unspecified atom stereocenters. The van der Waals surface area contributed by atoms with Gasteiger partial charge in [-0.3, -0.25) is 0 Å². The van der Waals surface area contributed by atoms with E-state index in [-0.39, 0.29) is 12.2 Å². The minimum absolute atomic E-state index is 0.176. The van der Waals surface area contributed by atoms with E-state index in [4.69, 9.17) is 13.6 Å². The molecule has 108 valence electrons. The van der Waals surface area contributed by atoms with Gasteiger partial charge in [-0.25, -0.2) is 0 Å². The third-order valence-electron chi connectivity index (χ3n) is 3.36. The zero-order valence-corrected chi connectivity index (χ0v) is 13.1. The average Bonchev–Trinajstić information content (AvgIpc) is 2.67. The van der Waals surface area contributed by atoms with Crippen LogP contribution in [-0.2, 0) is 13.6 Å². The van der Waals surface area contributed by atoms with E-state index in [9.17, 15) is 0 Å². The standard InChI is InChI=1S/C14H29O3P/c1-4-5-6-7-8-9-10-11-12-15-18-16-13(2)14(3)17-18/h13-14H,4-12H2,1-3H3. The van der Waals surface area contributed by atoms with Crippen LogP contribution in [0.3, 0.4) is 0 Å². The molecule has 1 rings (SSSR count). The Morgan fingerprint density at radius 3 is 1.89 bits per heavy atom. The van der Waals surface area contributed by atoms with Gasteiger partial charge in [-0.05, 0) is 20.3 Å². The molecule has 0 saturated carbocycles. The van der Waals surface area contributed by atoms with Crippen molar-refractivity contribution in [2.24, 2.45) is 0 Å². The molecular formula is C14H29O3P. The van der Waals surface area contributed by atoms with E-state index >= 15 is 0 Å². The molecule has 1 heterocycles. The Morgan fingerprint density at radius 1 is 0.833 bits per heavy atom. The van der Waals surface area contributed by atoms with Gasteiger partial charge in [0, 0.05) is 0 Å². The van der Waals surface area contributed by atoms with Gasteiger partial charge in [-0.15, -0.1) is 0 Å². The quantitative estimate of drug-likeness (QED) is 0.405. The molecule has 4 heteroatoms. The Balaban J connectivity index is 1.82. The van der Waals surface area contributed by atoms with Crippen LogP contribution in [0, 0.1) is 0 Å². The summed E-state index contributed by atoms with van der Waals surface area (Å²) in [6.07, 6.45) is 11.0. The molecule has 0 bridgehead atoms. The molecule has 1 aliphatic heterocycles. The summed E-state index contributed by atoms with van der Waals surface area (Å²) in [6.45, 7) is 7.10. The van der Waals surface area contributed by atoms with Crippen LogP contribution in [-0.4, -0.2) is 18.8 Å². The van der Waals surface area contributed by atoms with Gasteiger partial charge in [0.25, 0.3) is 0 Å². The van der Waals surface area contributed by atoms with Crippen molar-refractivity contribution in [2.45, 2.75) is 84.3 Å². The molecule has 0 radical (unpaired) electrons. The topological polar surface area (TPSA) is 27.7 Å². The minimum atomic E-state index is -1.06. The first kappa shape index (κ1) is 16.4. The highest BCUT2D eigenvalue weighted by Crippen LogP contribution is 2.49. The second kappa shape index (κ2) is 10.1. The van der Waals surface area contributed by atoms with E-state index in [2.05, 4.69) is 6.92 Å². The second-order valence-corrected chi connectivity index (χ2v) is 6.28. The van der Waals surface area contributed by atoms with E-state index < -0.39 is 8.60 Å². The molecule has 0 spiro atoms. The second-order valence-electron chi connectivity index (χ2n) is 5.15. The summed E-state index contributed by atoms with van der Waals surface area (Å²) in [4.78, 5) is 0. The van der Waals surface area contributed by atoms with Crippen LogP contribution in [0.4, 0.5) is 0 Å². The zero-order valence-electron chi connectivity index (χ0n) is 12.2. The molecule has 0 aromatic carbocycles. The van der Waals surface area contributed by atoms with Crippen LogP contribution >= 0.6 is 8.60 Å². The highest BCUT2D eigenvalue weighted by atomic mass is 31.2. The van der Waals surface area contributed by atoms with Crippen molar-refractivity contribution in [3.63, 3.8) is 0 Å². The SMILES string of the molecule is CCCCCCCCCCOP1OC(C)C(C)O1. The number of hydrogen-bond donors (Lipinski definition) is 0. The van der Waals surface area contributed by atoms with Gasteiger partial charge >= 0.3 is 8.60 Å². The van der Waals surface area contributed by atoms with Gasteiger partial charge in [-0.2, -0.15) is 0 Å². The Labute approximate surface area is 114 Å². The van der Waals surface area contributed by atoms with E-state index in [1.807, 2.05) is 13.8 Å². The third kappa shape index (κ3) is 7.04. The van der Waals surface area contributed by atoms with Gasteiger partial charge in [0.15, 0.2) is 0 Å². The lowest BCUT2D eigenvalue weighted by atomic mass is 10.1. The average molecular weight is 276 g/mol. The predicted octanol–water partition coefficient (Wildman–Crippen LogP) is 5.19. The smallest absolute Gasteiger partial charge is 0.312 e. The first-order chi connectivity index (χ1) is 8.74. The summed E-state index contributed by atoms with van der Waals surface area (Å²) < 4.78 is 16.7. The Bertz CT molecular complexity index is 191. The monoisotopic (exact) mass is 276 g/mol. The van der Waals surface area contributed by atoms with Gasteiger partial charge in [0.2, 0.25) is 0 Å². The van der Waals surface area contributed by atoms with Crippen molar-refractivity contribution in [2.75, 3.05) is 6.61 Å². The van der Waals surface area contributed by atoms with E-state index in [1.54, 1.807) is 0 Å². The Morgan fingerprint density at radius 2 is 1.33 bits per heavy atom. The third-order valence-corrected chi connectivity index (χ3v) is 4.76. The van der Waals surface area contributed by atoms with Gasteiger partial charge in [0.05, 0.1) is 18.8 Å². The van der Waals surface area contributed by atoms with Crippen molar-refractivity contribution >= 4 is 8.60 Å². The molecule has 0 aliphatic carbocycles. The normalized spacial score (nSPS) is 27.8. The molecule has 3 nitrogen and oxygen atoms in total. The maximum Gasteiger partial charge on any atom is 0.333 e. The zero-order chi connectivity index (χ0) is 13.2. The summed E-state index contributed by atoms with van der Waals surface area (Å²) in [7, 11) is -1.06. The van der Waals surface area contributed by atoms with Crippen molar-refractivity contribution in [1.29, 1.82) is 0 Å². The molecule has 0 amide bonds. The molecule has 1 fully saturated rings. The van der Waals surface area contributed by atoms with E-state index in [0.717, 1.165) is 13.0 Å². The Hall–Kier alpha value is 0.310. The fourth-order valence-electron chi connectivity index (χ4n) is 1.90. The molecule has 0 aromatic rings. The molecule has 0 aromatic heterocycles. The molecule has 0 N–H and O–H groups in total. The van der Waals surface area contributed by atoms with E-state index in [1.165, 1.54) is 44.9 Å². The highest BCUT2D eigenvalue weighted by Gasteiger charge is 2.31. The number of hydrogen-bond acceptors (Lipinski definition) is 3. The van der Waals surface area contributed by atoms with Gasteiger partial charge in [0.1, 0.15) is 0 Å². The Kier molecular flexibility index (Phi) is 9.22. The maximum atomic E-state index is 5.61. The summed E-state index contributed by atoms with van der Waals surface area (Å²) >= 11 is 0. The lowest BCUT2D eigenvalue weighted by Gasteiger charge is -2.08. The van der Waals surface area contributed by atoms with Crippen molar-refractivity contribution in [3.8, 4) is 0 Å². The van der Waals surface area contributed by atoms with Gasteiger partial charge in [-0.1, -0.05) is 51.9 Å². The van der Waals surface area contributed by atoms with Crippen LogP contribution in [0.1, 0.15) is 72.1 Å². The van der Waals surface area contributed by atoms with Crippen molar-refractivity contribution in [3.05, 3.63) is 0 Å². The van der Waals surface area contributed by atoms with Crippen LogP contribution in [0.15, 0.2) is 0 Å². The van der Waals surface area contributed by atoms with Crippen LogP contribution in [0.5, 0.6) is 0 Å².